The summed E-state index contributed by atoms with van der Waals surface area (Å²) in [6, 6.07) is 6.82. The van der Waals surface area contributed by atoms with Crippen molar-refractivity contribution < 1.29 is 23.1 Å². The summed E-state index contributed by atoms with van der Waals surface area (Å²) in [7, 11) is 0. The Morgan fingerprint density at radius 1 is 0.889 bits per heavy atom. The van der Waals surface area contributed by atoms with Gasteiger partial charge in [-0.1, -0.05) is 24.3 Å². The molecule has 0 spiro atoms. The van der Waals surface area contributed by atoms with Gasteiger partial charge in [-0.25, -0.2) is 18.0 Å². The zero-order valence-electron chi connectivity index (χ0n) is 8.95. The van der Waals surface area contributed by atoms with E-state index in [1.54, 1.807) is 0 Å². The first-order valence-electron chi connectivity index (χ1n) is 4.98. The van der Waals surface area contributed by atoms with Crippen molar-refractivity contribution in [2.24, 2.45) is 0 Å². The molecule has 18 heavy (non-hydrogen) atoms. The first-order valence-corrected chi connectivity index (χ1v) is 4.98. The SMILES string of the molecule is O=C(O)c1cccc(-c2cccc(F)c2F)c1F. The lowest BCUT2D eigenvalue weighted by Crippen LogP contribution is -2.02. The van der Waals surface area contributed by atoms with Crippen molar-refractivity contribution in [1.29, 1.82) is 0 Å². The van der Waals surface area contributed by atoms with Crippen molar-refractivity contribution in [2.45, 2.75) is 0 Å². The zero-order chi connectivity index (χ0) is 13.3. The third kappa shape index (κ3) is 1.95. The number of hydrogen-bond acceptors (Lipinski definition) is 1. The predicted octanol–water partition coefficient (Wildman–Crippen LogP) is 3.47. The first kappa shape index (κ1) is 12.2. The molecular formula is C13H7F3O2. The maximum absolute atomic E-state index is 13.9. The predicted molar refractivity (Wildman–Crippen MR) is 58.7 cm³/mol. The van der Waals surface area contributed by atoms with Crippen molar-refractivity contribution in [3.63, 3.8) is 0 Å². The van der Waals surface area contributed by atoms with Crippen LogP contribution in [0.25, 0.3) is 11.1 Å². The molecule has 0 atom stereocenters. The normalized spacial score (nSPS) is 10.4. The van der Waals surface area contributed by atoms with Crippen molar-refractivity contribution in [1.82, 2.24) is 0 Å². The Labute approximate surface area is 100 Å². The third-order valence-corrected chi connectivity index (χ3v) is 2.47. The summed E-state index contributed by atoms with van der Waals surface area (Å²) in [6.07, 6.45) is 0. The quantitative estimate of drug-likeness (QED) is 0.888. The average Bonchev–Trinajstić information content (AvgIpc) is 2.33. The molecule has 5 heteroatoms. The fraction of sp³-hybridized carbons (Fsp3) is 0. The molecule has 0 fully saturated rings. The van der Waals surface area contributed by atoms with E-state index in [1.165, 1.54) is 24.3 Å². The average molecular weight is 252 g/mol. The van der Waals surface area contributed by atoms with Gasteiger partial charge in [-0.2, -0.15) is 0 Å². The van der Waals surface area contributed by atoms with Crippen molar-refractivity contribution in [2.75, 3.05) is 0 Å². The van der Waals surface area contributed by atoms with Crippen LogP contribution < -0.4 is 0 Å². The Hall–Kier alpha value is -2.30. The summed E-state index contributed by atoms with van der Waals surface area (Å²) in [6.45, 7) is 0. The van der Waals surface area contributed by atoms with E-state index in [2.05, 4.69) is 0 Å². The van der Waals surface area contributed by atoms with Crippen molar-refractivity contribution >= 4 is 5.97 Å². The summed E-state index contributed by atoms with van der Waals surface area (Å²) in [4.78, 5) is 10.7. The van der Waals surface area contributed by atoms with Gasteiger partial charge in [-0.3, -0.25) is 0 Å². The molecule has 2 aromatic carbocycles. The van der Waals surface area contributed by atoms with Crippen molar-refractivity contribution in [3.05, 3.63) is 59.4 Å². The maximum atomic E-state index is 13.9. The fourth-order valence-electron chi connectivity index (χ4n) is 1.62. The highest BCUT2D eigenvalue weighted by atomic mass is 19.2. The molecule has 1 N–H and O–H groups in total. The van der Waals surface area contributed by atoms with Gasteiger partial charge in [0.25, 0.3) is 0 Å². The number of halogens is 3. The molecule has 0 radical (unpaired) electrons. The molecule has 2 rings (SSSR count). The van der Waals surface area contributed by atoms with Crippen LogP contribution in [0.15, 0.2) is 36.4 Å². The molecule has 0 unspecified atom stereocenters. The van der Waals surface area contributed by atoms with E-state index in [-0.39, 0.29) is 11.1 Å². The van der Waals surface area contributed by atoms with E-state index in [0.717, 1.165) is 12.1 Å². The van der Waals surface area contributed by atoms with Gasteiger partial charge >= 0.3 is 5.97 Å². The second-order valence-electron chi connectivity index (χ2n) is 3.57. The van der Waals surface area contributed by atoms with Gasteiger partial charge in [0.2, 0.25) is 0 Å². The van der Waals surface area contributed by atoms with Crippen LogP contribution in [0.5, 0.6) is 0 Å². The molecule has 0 amide bonds. The Balaban J connectivity index is 2.69. The number of rotatable bonds is 2. The lowest BCUT2D eigenvalue weighted by molar-refractivity contribution is 0.0692. The summed E-state index contributed by atoms with van der Waals surface area (Å²) in [5, 5.41) is 8.75. The van der Waals surface area contributed by atoms with Crippen LogP contribution in [-0.2, 0) is 0 Å². The number of benzene rings is 2. The van der Waals surface area contributed by atoms with Crippen molar-refractivity contribution in [3.8, 4) is 11.1 Å². The smallest absolute Gasteiger partial charge is 0.338 e. The second-order valence-corrected chi connectivity index (χ2v) is 3.57. The number of hydrogen-bond donors (Lipinski definition) is 1. The Morgan fingerprint density at radius 3 is 2.06 bits per heavy atom. The minimum absolute atomic E-state index is 0.285. The fourth-order valence-corrected chi connectivity index (χ4v) is 1.62. The first-order chi connectivity index (χ1) is 8.52. The van der Waals surface area contributed by atoms with E-state index in [1.807, 2.05) is 0 Å². The lowest BCUT2D eigenvalue weighted by Gasteiger charge is -2.07. The number of carbonyl (C=O) groups is 1. The second kappa shape index (κ2) is 4.52. The minimum atomic E-state index is -1.47. The van der Waals surface area contributed by atoms with Crippen LogP contribution in [0.4, 0.5) is 13.2 Å². The molecule has 2 aromatic rings. The highest BCUT2D eigenvalue weighted by molar-refractivity contribution is 5.90. The van der Waals surface area contributed by atoms with Crippen LogP contribution in [0.1, 0.15) is 10.4 Å². The molecule has 2 nitrogen and oxygen atoms in total. The molecule has 0 aliphatic heterocycles. The lowest BCUT2D eigenvalue weighted by atomic mass is 10.0. The Morgan fingerprint density at radius 2 is 1.44 bits per heavy atom. The van der Waals surface area contributed by atoms with Crippen LogP contribution in [0, 0.1) is 17.5 Å². The summed E-state index contributed by atoms with van der Waals surface area (Å²) >= 11 is 0. The topological polar surface area (TPSA) is 37.3 Å². The van der Waals surface area contributed by atoms with Gasteiger partial charge < -0.3 is 5.11 Å². The largest absolute Gasteiger partial charge is 0.478 e. The molecule has 0 saturated carbocycles. The molecule has 0 aliphatic rings. The molecule has 0 saturated heterocycles. The Bertz CT molecular complexity index is 624. The molecule has 92 valence electrons. The zero-order valence-corrected chi connectivity index (χ0v) is 8.95. The number of aromatic carboxylic acids is 1. The van der Waals surface area contributed by atoms with Crippen LogP contribution in [0.2, 0.25) is 0 Å². The monoisotopic (exact) mass is 252 g/mol. The van der Waals surface area contributed by atoms with E-state index in [0.29, 0.717) is 0 Å². The van der Waals surface area contributed by atoms with Gasteiger partial charge in [-0.15, -0.1) is 0 Å². The van der Waals surface area contributed by atoms with Gasteiger partial charge in [0, 0.05) is 11.1 Å². The van der Waals surface area contributed by atoms with Crippen LogP contribution >= 0.6 is 0 Å². The third-order valence-electron chi connectivity index (χ3n) is 2.47. The van der Waals surface area contributed by atoms with Gasteiger partial charge in [0.05, 0.1) is 5.56 Å². The highest BCUT2D eigenvalue weighted by Gasteiger charge is 2.18. The van der Waals surface area contributed by atoms with Crippen LogP contribution in [-0.4, -0.2) is 11.1 Å². The van der Waals surface area contributed by atoms with E-state index < -0.39 is 29.0 Å². The summed E-state index contributed by atoms with van der Waals surface area (Å²) in [5.74, 6) is -4.88. The van der Waals surface area contributed by atoms with E-state index >= 15 is 0 Å². The van der Waals surface area contributed by atoms with Gasteiger partial charge in [0.15, 0.2) is 11.6 Å². The molecule has 0 aliphatic carbocycles. The number of carboxylic acids is 1. The number of carboxylic acid groups (broad SMARTS) is 1. The summed E-state index contributed by atoms with van der Waals surface area (Å²) < 4.78 is 40.4. The Kier molecular flexibility index (Phi) is 3.06. The summed E-state index contributed by atoms with van der Waals surface area (Å²) in [5.41, 5.74) is -1.18. The van der Waals surface area contributed by atoms with Gasteiger partial charge in [0.1, 0.15) is 5.82 Å². The maximum Gasteiger partial charge on any atom is 0.338 e. The van der Waals surface area contributed by atoms with Gasteiger partial charge in [-0.05, 0) is 12.1 Å². The highest BCUT2D eigenvalue weighted by Crippen LogP contribution is 2.28. The minimum Gasteiger partial charge on any atom is -0.478 e. The van der Waals surface area contributed by atoms with E-state index in [4.69, 9.17) is 5.11 Å². The van der Waals surface area contributed by atoms with Crippen LogP contribution in [0.3, 0.4) is 0 Å². The molecule has 0 heterocycles. The molecule has 0 aromatic heterocycles. The molecule has 0 bridgehead atoms. The molecular weight excluding hydrogens is 245 g/mol. The standard InChI is InChI=1S/C13H7F3O2/c14-10-6-2-4-8(12(10)16)7-3-1-5-9(11(7)15)13(17)18/h1-6H,(H,17,18). The van der Waals surface area contributed by atoms with E-state index in [9.17, 15) is 18.0 Å².